The lowest BCUT2D eigenvalue weighted by molar-refractivity contribution is -0.122. The van der Waals surface area contributed by atoms with E-state index in [9.17, 15) is 9.90 Å². The van der Waals surface area contributed by atoms with E-state index < -0.39 is 5.60 Å². The molecule has 0 saturated carbocycles. The van der Waals surface area contributed by atoms with Crippen LogP contribution in [-0.2, 0) is 4.79 Å². The minimum Gasteiger partial charge on any atom is -0.388 e. The van der Waals surface area contributed by atoms with Crippen molar-refractivity contribution in [2.45, 2.75) is 38.3 Å². The Hall–Kier alpha value is -0.260. The van der Waals surface area contributed by atoms with Crippen LogP contribution in [0.3, 0.4) is 0 Å². The van der Waals surface area contributed by atoms with Gasteiger partial charge in [0.25, 0.3) is 0 Å². The number of carbonyl (C=O) groups excluding carboxylic acids is 1. The van der Waals surface area contributed by atoms with Gasteiger partial charge in [-0.25, -0.2) is 0 Å². The predicted octanol–water partition coefficient (Wildman–Crippen LogP) is 0.359. The highest BCUT2D eigenvalue weighted by atomic mass is 32.2. The molecule has 5 heteroatoms. The summed E-state index contributed by atoms with van der Waals surface area (Å²) in [5.74, 6) is 2.15. The second kappa shape index (κ2) is 6.47. The molecule has 0 spiro atoms. The number of hydrogen-bond acceptors (Lipinski definition) is 4. The molecule has 2 unspecified atom stereocenters. The molecule has 0 aromatic carbocycles. The molecule has 1 heterocycles. The van der Waals surface area contributed by atoms with Crippen LogP contribution in [0.2, 0.25) is 0 Å². The highest BCUT2D eigenvalue weighted by Crippen LogP contribution is 2.10. The summed E-state index contributed by atoms with van der Waals surface area (Å²) >= 11 is 1.88. The van der Waals surface area contributed by atoms with Crippen molar-refractivity contribution in [2.24, 2.45) is 0 Å². The second-order valence-electron chi connectivity index (χ2n) is 4.56. The second-order valence-corrected chi connectivity index (χ2v) is 5.71. The van der Waals surface area contributed by atoms with Crippen LogP contribution < -0.4 is 10.6 Å². The van der Waals surface area contributed by atoms with Crippen LogP contribution in [0.1, 0.15) is 26.7 Å². The highest BCUT2D eigenvalue weighted by Gasteiger charge is 2.20. The zero-order valence-corrected chi connectivity index (χ0v) is 10.9. The standard InChI is InChI=1S/C11H22N2O2S/c1-3-11(2,15)8-13-10(14)6-9-7-16-5-4-12-9/h9,12,15H,3-8H2,1-2H3,(H,13,14). The van der Waals surface area contributed by atoms with E-state index in [1.807, 2.05) is 18.7 Å². The number of amides is 1. The summed E-state index contributed by atoms with van der Waals surface area (Å²) in [5, 5.41) is 15.8. The lowest BCUT2D eigenvalue weighted by Crippen LogP contribution is -2.44. The summed E-state index contributed by atoms with van der Waals surface area (Å²) < 4.78 is 0. The Labute approximate surface area is 102 Å². The lowest BCUT2D eigenvalue weighted by Gasteiger charge is -2.24. The van der Waals surface area contributed by atoms with Crippen molar-refractivity contribution in [3.63, 3.8) is 0 Å². The van der Waals surface area contributed by atoms with E-state index in [0.29, 0.717) is 19.4 Å². The van der Waals surface area contributed by atoms with Gasteiger partial charge in [-0.1, -0.05) is 6.92 Å². The zero-order valence-electron chi connectivity index (χ0n) is 10.1. The van der Waals surface area contributed by atoms with E-state index in [1.165, 1.54) is 0 Å². The quantitative estimate of drug-likeness (QED) is 0.655. The number of nitrogens with one attached hydrogen (secondary N) is 2. The fourth-order valence-electron chi connectivity index (χ4n) is 1.46. The maximum Gasteiger partial charge on any atom is 0.221 e. The summed E-state index contributed by atoms with van der Waals surface area (Å²) in [6, 6.07) is 0.283. The first-order valence-corrected chi connectivity index (χ1v) is 6.99. The molecule has 94 valence electrons. The normalized spacial score (nSPS) is 24.8. The lowest BCUT2D eigenvalue weighted by atomic mass is 10.0. The largest absolute Gasteiger partial charge is 0.388 e. The Kier molecular flexibility index (Phi) is 5.58. The minimum absolute atomic E-state index is 0.0220. The molecule has 2 atom stereocenters. The molecule has 16 heavy (non-hydrogen) atoms. The van der Waals surface area contributed by atoms with Crippen LogP contribution in [0.25, 0.3) is 0 Å². The van der Waals surface area contributed by atoms with Crippen molar-refractivity contribution in [1.82, 2.24) is 10.6 Å². The van der Waals surface area contributed by atoms with E-state index in [2.05, 4.69) is 10.6 Å². The van der Waals surface area contributed by atoms with E-state index in [1.54, 1.807) is 6.92 Å². The van der Waals surface area contributed by atoms with Gasteiger partial charge in [0.05, 0.1) is 5.60 Å². The average Bonchev–Trinajstić information content (AvgIpc) is 2.28. The Morgan fingerprint density at radius 1 is 1.69 bits per heavy atom. The minimum atomic E-state index is -0.787. The number of rotatable bonds is 5. The molecule has 0 bridgehead atoms. The Balaban J connectivity index is 2.19. The number of thioether (sulfide) groups is 1. The van der Waals surface area contributed by atoms with Crippen LogP contribution >= 0.6 is 11.8 Å². The van der Waals surface area contributed by atoms with Crippen molar-refractivity contribution in [3.05, 3.63) is 0 Å². The van der Waals surface area contributed by atoms with Gasteiger partial charge < -0.3 is 15.7 Å². The Morgan fingerprint density at radius 2 is 2.44 bits per heavy atom. The molecule has 1 aliphatic heterocycles. The first-order valence-electron chi connectivity index (χ1n) is 5.84. The van der Waals surface area contributed by atoms with Gasteiger partial charge in [0.1, 0.15) is 0 Å². The molecular formula is C11H22N2O2S. The van der Waals surface area contributed by atoms with E-state index in [0.717, 1.165) is 18.1 Å². The van der Waals surface area contributed by atoms with Crippen molar-refractivity contribution in [1.29, 1.82) is 0 Å². The van der Waals surface area contributed by atoms with E-state index >= 15 is 0 Å². The van der Waals surface area contributed by atoms with Gasteiger partial charge in [0.15, 0.2) is 0 Å². The molecular weight excluding hydrogens is 224 g/mol. The molecule has 0 radical (unpaired) electrons. The van der Waals surface area contributed by atoms with Gasteiger partial charge in [-0.05, 0) is 13.3 Å². The van der Waals surface area contributed by atoms with Crippen LogP contribution in [0, 0.1) is 0 Å². The van der Waals surface area contributed by atoms with E-state index in [-0.39, 0.29) is 11.9 Å². The molecule has 3 N–H and O–H groups in total. The third-order valence-electron chi connectivity index (χ3n) is 2.86. The third kappa shape index (κ3) is 5.18. The van der Waals surface area contributed by atoms with Crippen molar-refractivity contribution >= 4 is 17.7 Å². The molecule has 4 nitrogen and oxygen atoms in total. The molecule has 1 saturated heterocycles. The Morgan fingerprint density at radius 3 is 3.00 bits per heavy atom. The van der Waals surface area contributed by atoms with Gasteiger partial charge in [-0.15, -0.1) is 0 Å². The number of aliphatic hydroxyl groups is 1. The zero-order chi connectivity index (χ0) is 12.0. The fourth-order valence-corrected chi connectivity index (χ4v) is 2.41. The molecule has 1 rings (SSSR count). The molecule has 0 aliphatic carbocycles. The van der Waals surface area contributed by atoms with Crippen molar-refractivity contribution in [3.8, 4) is 0 Å². The van der Waals surface area contributed by atoms with Gasteiger partial charge in [-0.2, -0.15) is 11.8 Å². The summed E-state index contributed by atoms with van der Waals surface area (Å²) in [7, 11) is 0. The van der Waals surface area contributed by atoms with Crippen molar-refractivity contribution < 1.29 is 9.90 Å². The summed E-state index contributed by atoms with van der Waals surface area (Å²) in [5.41, 5.74) is -0.787. The smallest absolute Gasteiger partial charge is 0.221 e. The third-order valence-corrected chi connectivity index (χ3v) is 3.99. The molecule has 1 fully saturated rings. The van der Waals surface area contributed by atoms with Crippen LogP contribution in [-0.4, -0.2) is 47.3 Å². The summed E-state index contributed by atoms with van der Waals surface area (Å²) in [4.78, 5) is 11.6. The van der Waals surface area contributed by atoms with Crippen LogP contribution in [0.5, 0.6) is 0 Å². The highest BCUT2D eigenvalue weighted by molar-refractivity contribution is 7.99. The van der Waals surface area contributed by atoms with Crippen LogP contribution in [0.4, 0.5) is 0 Å². The maximum absolute atomic E-state index is 11.6. The number of carbonyl (C=O) groups is 1. The van der Waals surface area contributed by atoms with E-state index in [4.69, 9.17) is 0 Å². The maximum atomic E-state index is 11.6. The SMILES string of the molecule is CCC(C)(O)CNC(=O)CC1CSCCN1. The average molecular weight is 246 g/mol. The first-order chi connectivity index (χ1) is 7.53. The summed E-state index contributed by atoms with van der Waals surface area (Å²) in [6.45, 7) is 4.96. The molecule has 1 amide bonds. The predicted molar refractivity (Wildman–Crippen MR) is 67.7 cm³/mol. The van der Waals surface area contributed by atoms with Gasteiger partial charge in [0.2, 0.25) is 5.91 Å². The number of hydrogen-bond donors (Lipinski definition) is 3. The fraction of sp³-hybridized carbons (Fsp3) is 0.909. The van der Waals surface area contributed by atoms with Crippen molar-refractivity contribution in [2.75, 3.05) is 24.6 Å². The monoisotopic (exact) mass is 246 g/mol. The topological polar surface area (TPSA) is 61.4 Å². The van der Waals surface area contributed by atoms with Crippen LogP contribution in [0.15, 0.2) is 0 Å². The van der Waals surface area contributed by atoms with Gasteiger partial charge in [0, 0.05) is 37.1 Å². The molecule has 1 aliphatic rings. The summed E-state index contributed by atoms with van der Waals surface area (Å²) in [6.07, 6.45) is 1.15. The molecule has 0 aromatic rings. The molecule has 0 aromatic heterocycles. The van der Waals surface area contributed by atoms with Gasteiger partial charge >= 0.3 is 0 Å². The Bertz CT molecular complexity index is 228. The first kappa shape index (κ1) is 13.8. The van der Waals surface area contributed by atoms with Gasteiger partial charge in [-0.3, -0.25) is 4.79 Å².